The molecule has 3 rings (SSSR count). The molecule has 1 N–H and O–H groups in total. The van der Waals surface area contributed by atoms with Crippen molar-refractivity contribution >= 4 is 29.1 Å². The first-order chi connectivity index (χ1) is 13.9. The number of hydrogen-bond acceptors (Lipinski definition) is 5. The van der Waals surface area contributed by atoms with Gasteiger partial charge in [0.1, 0.15) is 6.07 Å². The Kier molecular flexibility index (Phi) is 6.47. The molecule has 0 aliphatic rings. The predicted molar refractivity (Wildman–Crippen MR) is 110 cm³/mol. The summed E-state index contributed by atoms with van der Waals surface area (Å²) in [5.74, 6) is 1.37. The summed E-state index contributed by atoms with van der Waals surface area (Å²) < 4.78 is 1.59. The maximum absolute atomic E-state index is 12.7. The number of nitrogens with zero attached hydrogens (tertiary/aromatic N) is 5. The fraction of sp³-hybridized carbons (Fsp3) is 0.250. The van der Waals surface area contributed by atoms with Gasteiger partial charge in [-0.1, -0.05) is 30.1 Å². The third-order valence-corrected chi connectivity index (χ3v) is 4.54. The molecule has 7 nitrogen and oxygen atoms in total. The standard InChI is InChI=1S/C20H18Cl2N6O/c1-3-4-17-26-19(28(27-17)18-6-5-13(10-23)11-24-18)12(2)25-20(29)14-7-15(21)9-16(22)8-14/h5-9,11-12H,3-4H2,1-2H3,(H,25,29). The molecule has 1 aromatic carbocycles. The number of halogens is 2. The first-order valence-corrected chi connectivity index (χ1v) is 9.76. The summed E-state index contributed by atoms with van der Waals surface area (Å²) in [4.78, 5) is 21.5. The number of amides is 1. The lowest BCUT2D eigenvalue weighted by atomic mass is 10.2. The van der Waals surface area contributed by atoms with Gasteiger partial charge in [-0.15, -0.1) is 5.10 Å². The van der Waals surface area contributed by atoms with Gasteiger partial charge in [0.15, 0.2) is 17.5 Å². The molecule has 0 radical (unpaired) electrons. The zero-order valence-corrected chi connectivity index (χ0v) is 17.4. The molecular formula is C20H18Cl2N6O. The first-order valence-electron chi connectivity index (χ1n) is 9.00. The number of benzene rings is 1. The number of pyridine rings is 1. The summed E-state index contributed by atoms with van der Waals surface area (Å²) in [7, 11) is 0. The largest absolute Gasteiger partial charge is 0.342 e. The Morgan fingerprint density at radius 2 is 2.00 bits per heavy atom. The van der Waals surface area contributed by atoms with Crippen LogP contribution in [0.4, 0.5) is 0 Å². The number of carbonyl (C=O) groups is 1. The number of hydrogen-bond donors (Lipinski definition) is 1. The maximum atomic E-state index is 12.7. The van der Waals surface area contributed by atoms with Crippen molar-refractivity contribution in [3.63, 3.8) is 0 Å². The first kappa shape index (κ1) is 20.8. The molecule has 29 heavy (non-hydrogen) atoms. The summed E-state index contributed by atoms with van der Waals surface area (Å²) in [5.41, 5.74) is 0.800. The van der Waals surface area contributed by atoms with Crippen molar-refractivity contribution in [3.05, 3.63) is 69.3 Å². The maximum Gasteiger partial charge on any atom is 0.251 e. The Balaban J connectivity index is 1.91. The van der Waals surface area contributed by atoms with Crippen LogP contribution in [-0.4, -0.2) is 25.7 Å². The van der Waals surface area contributed by atoms with Crippen molar-refractivity contribution in [1.29, 1.82) is 5.26 Å². The molecule has 0 saturated heterocycles. The van der Waals surface area contributed by atoms with Crippen LogP contribution in [0.25, 0.3) is 5.82 Å². The normalized spacial score (nSPS) is 11.7. The molecular weight excluding hydrogens is 411 g/mol. The van der Waals surface area contributed by atoms with Crippen LogP contribution in [0, 0.1) is 11.3 Å². The predicted octanol–water partition coefficient (Wildman–Crippen LogP) is 4.28. The van der Waals surface area contributed by atoms with Crippen LogP contribution < -0.4 is 5.32 Å². The molecule has 148 valence electrons. The van der Waals surface area contributed by atoms with Crippen molar-refractivity contribution in [2.45, 2.75) is 32.7 Å². The third-order valence-electron chi connectivity index (χ3n) is 4.10. The molecule has 3 aromatic rings. The van der Waals surface area contributed by atoms with E-state index in [1.54, 1.807) is 35.0 Å². The van der Waals surface area contributed by atoms with Crippen LogP contribution in [0.15, 0.2) is 36.5 Å². The van der Waals surface area contributed by atoms with Gasteiger partial charge in [-0.3, -0.25) is 4.79 Å². The Labute approximate surface area is 178 Å². The summed E-state index contributed by atoms with van der Waals surface area (Å²) in [6, 6.07) is 9.58. The van der Waals surface area contributed by atoms with Crippen molar-refractivity contribution in [1.82, 2.24) is 25.1 Å². The van der Waals surface area contributed by atoms with E-state index >= 15 is 0 Å². The molecule has 0 bridgehead atoms. The molecule has 0 spiro atoms. The van der Waals surface area contributed by atoms with Gasteiger partial charge >= 0.3 is 0 Å². The molecule has 1 unspecified atom stereocenters. The number of aromatic nitrogens is 4. The van der Waals surface area contributed by atoms with Crippen molar-refractivity contribution in [2.24, 2.45) is 0 Å². The number of carbonyl (C=O) groups excluding carboxylic acids is 1. The van der Waals surface area contributed by atoms with E-state index in [4.69, 9.17) is 28.5 Å². The van der Waals surface area contributed by atoms with Gasteiger partial charge in [-0.25, -0.2) is 9.97 Å². The van der Waals surface area contributed by atoms with E-state index in [1.807, 2.05) is 19.9 Å². The number of nitrogens with one attached hydrogen (secondary N) is 1. The van der Waals surface area contributed by atoms with Crippen LogP contribution in [-0.2, 0) is 6.42 Å². The highest BCUT2D eigenvalue weighted by molar-refractivity contribution is 6.35. The topological polar surface area (TPSA) is 96.5 Å². The van der Waals surface area contributed by atoms with E-state index in [0.717, 1.165) is 6.42 Å². The van der Waals surface area contributed by atoms with E-state index in [2.05, 4.69) is 20.4 Å². The molecule has 2 heterocycles. The second-order valence-corrected chi connectivity index (χ2v) is 7.29. The Hall–Kier alpha value is -2.95. The SMILES string of the molecule is CCCc1nc(C(C)NC(=O)c2cc(Cl)cc(Cl)c2)n(-c2ccc(C#N)cn2)n1. The van der Waals surface area contributed by atoms with Crippen LogP contribution in [0.1, 0.15) is 53.9 Å². The Morgan fingerprint density at radius 3 is 2.59 bits per heavy atom. The van der Waals surface area contributed by atoms with Crippen molar-refractivity contribution in [2.75, 3.05) is 0 Å². The number of rotatable bonds is 6. The zero-order valence-electron chi connectivity index (χ0n) is 15.9. The summed E-state index contributed by atoms with van der Waals surface area (Å²) in [5, 5.41) is 17.1. The highest BCUT2D eigenvalue weighted by Crippen LogP contribution is 2.21. The minimum absolute atomic E-state index is 0.332. The quantitative estimate of drug-likeness (QED) is 0.631. The van der Waals surface area contributed by atoms with Gasteiger partial charge < -0.3 is 5.32 Å². The van der Waals surface area contributed by atoms with Gasteiger partial charge in [0.25, 0.3) is 5.91 Å². The van der Waals surface area contributed by atoms with E-state index in [1.165, 1.54) is 6.20 Å². The third kappa shape index (κ3) is 4.91. The Morgan fingerprint density at radius 1 is 1.28 bits per heavy atom. The fourth-order valence-electron chi connectivity index (χ4n) is 2.75. The van der Waals surface area contributed by atoms with Crippen LogP contribution in [0.3, 0.4) is 0 Å². The smallest absolute Gasteiger partial charge is 0.251 e. The minimum Gasteiger partial charge on any atom is -0.342 e. The molecule has 1 atom stereocenters. The molecule has 9 heteroatoms. The second kappa shape index (κ2) is 9.03. The van der Waals surface area contributed by atoms with E-state index in [-0.39, 0.29) is 5.91 Å². The highest BCUT2D eigenvalue weighted by Gasteiger charge is 2.21. The van der Waals surface area contributed by atoms with Gasteiger partial charge in [0, 0.05) is 28.2 Å². The van der Waals surface area contributed by atoms with Gasteiger partial charge in [-0.2, -0.15) is 9.94 Å². The van der Waals surface area contributed by atoms with Crippen LogP contribution >= 0.6 is 23.2 Å². The average Bonchev–Trinajstić information content (AvgIpc) is 3.11. The second-order valence-electron chi connectivity index (χ2n) is 6.42. The molecule has 0 fully saturated rings. The van der Waals surface area contributed by atoms with Gasteiger partial charge in [-0.05, 0) is 43.7 Å². The van der Waals surface area contributed by atoms with Crippen LogP contribution in [0.2, 0.25) is 10.0 Å². The number of aryl methyl sites for hydroxylation is 1. The number of nitriles is 1. The van der Waals surface area contributed by atoms with Gasteiger partial charge in [0.2, 0.25) is 0 Å². The lowest BCUT2D eigenvalue weighted by Crippen LogP contribution is -2.28. The summed E-state index contributed by atoms with van der Waals surface area (Å²) in [6.07, 6.45) is 3.05. The summed E-state index contributed by atoms with van der Waals surface area (Å²) >= 11 is 12.0. The fourth-order valence-corrected chi connectivity index (χ4v) is 3.28. The lowest BCUT2D eigenvalue weighted by molar-refractivity contribution is 0.0938. The molecule has 2 aromatic heterocycles. The van der Waals surface area contributed by atoms with E-state index < -0.39 is 6.04 Å². The Bertz CT molecular complexity index is 1050. The van der Waals surface area contributed by atoms with Crippen molar-refractivity contribution in [3.8, 4) is 11.9 Å². The molecule has 0 saturated carbocycles. The van der Waals surface area contributed by atoms with E-state index in [0.29, 0.717) is 45.1 Å². The zero-order chi connectivity index (χ0) is 21.0. The molecule has 0 aliphatic heterocycles. The summed E-state index contributed by atoms with van der Waals surface area (Å²) in [6.45, 7) is 3.85. The van der Waals surface area contributed by atoms with Crippen LogP contribution in [0.5, 0.6) is 0 Å². The van der Waals surface area contributed by atoms with Gasteiger partial charge in [0.05, 0.1) is 11.6 Å². The molecule has 0 aliphatic carbocycles. The highest BCUT2D eigenvalue weighted by atomic mass is 35.5. The van der Waals surface area contributed by atoms with Crippen molar-refractivity contribution < 1.29 is 4.79 Å². The van der Waals surface area contributed by atoms with E-state index in [9.17, 15) is 4.79 Å². The average molecular weight is 429 g/mol. The molecule has 1 amide bonds. The monoisotopic (exact) mass is 428 g/mol. The minimum atomic E-state index is -0.462. The lowest BCUT2D eigenvalue weighted by Gasteiger charge is -2.14.